The van der Waals surface area contributed by atoms with Gasteiger partial charge in [0, 0.05) is 17.1 Å². The Labute approximate surface area is 181 Å². The number of aryl methyl sites for hydroxylation is 1. The lowest BCUT2D eigenvalue weighted by Crippen LogP contribution is -2.50. The molecule has 0 spiro atoms. The molecule has 0 heterocycles. The molecule has 0 saturated carbocycles. The highest BCUT2D eigenvalue weighted by Gasteiger charge is 2.27. The summed E-state index contributed by atoms with van der Waals surface area (Å²) in [7, 11) is 0. The van der Waals surface area contributed by atoms with Crippen molar-refractivity contribution >= 4 is 27.7 Å². The standard InChI is InChI=1S/C23H29BrN2O3/c1-5-17(3)25-23(28)18(4)26(14-19-10-8-11-20(24)13-19)22(27)15-29-21-12-7-6-9-16(21)2/h6-13,17-18H,5,14-15H2,1-4H3,(H,25,28)/t17-,18+/m0/s1. The first-order chi connectivity index (χ1) is 13.8. The largest absolute Gasteiger partial charge is 0.484 e. The fraction of sp³-hybridized carbons (Fsp3) is 0.391. The number of carbonyl (C=O) groups is 2. The highest BCUT2D eigenvalue weighted by atomic mass is 79.9. The molecule has 0 aliphatic carbocycles. The van der Waals surface area contributed by atoms with Gasteiger partial charge in [0.15, 0.2) is 6.61 Å². The van der Waals surface area contributed by atoms with E-state index in [4.69, 9.17) is 4.74 Å². The lowest BCUT2D eigenvalue weighted by atomic mass is 10.1. The van der Waals surface area contributed by atoms with Gasteiger partial charge in [0.25, 0.3) is 5.91 Å². The van der Waals surface area contributed by atoms with E-state index < -0.39 is 6.04 Å². The van der Waals surface area contributed by atoms with E-state index in [0.717, 1.165) is 22.0 Å². The van der Waals surface area contributed by atoms with Crippen molar-refractivity contribution in [1.82, 2.24) is 10.2 Å². The predicted molar refractivity (Wildman–Crippen MR) is 119 cm³/mol. The summed E-state index contributed by atoms with van der Waals surface area (Å²) < 4.78 is 6.67. The van der Waals surface area contributed by atoms with Gasteiger partial charge in [-0.1, -0.05) is 53.2 Å². The van der Waals surface area contributed by atoms with Gasteiger partial charge < -0.3 is 15.0 Å². The third-order valence-electron chi connectivity index (χ3n) is 4.86. The zero-order valence-corrected chi connectivity index (χ0v) is 19.0. The lowest BCUT2D eigenvalue weighted by molar-refractivity contribution is -0.142. The number of rotatable bonds is 9. The fourth-order valence-corrected chi connectivity index (χ4v) is 3.27. The minimum atomic E-state index is -0.615. The molecule has 2 aromatic rings. The lowest BCUT2D eigenvalue weighted by Gasteiger charge is -2.29. The van der Waals surface area contributed by atoms with E-state index in [9.17, 15) is 9.59 Å². The summed E-state index contributed by atoms with van der Waals surface area (Å²) >= 11 is 3.46. The number of benzene rings is 2. The molecular weight excluding hydrogens is 432 g/mol. The van der Waals surface area contributed by atoms with Crippen molar-refractivity contribution in [3.63, 3.8) is 0 Å². The molecule has 29 heavy (non-hydrogen) atoms. The summed E-state index contributed by atoms with van der Waals surface area (Å²) in [6, 6.07) is 14.7. The summed E-state index contributed by atoms with van der Waals surface area (Å²) in [6.45, 7) is 7.84. The molecule has 0 radical (unpaired) electrons. The van der Waals surface area contributed by atoms with Crippen LogP contribution in [0.15, 0.2) is 53.0 Å². The number of nitrogens with one attached hydrogen (secondary N) is 1. The molecule has 2 amide bonds. The number of nitrogens with zero attached hydrogens (tertiary/aromatic N) is 1. The normalized spacial score (nSPS) is 12.7. The molecule has 2 rings (SSSR count). The molecule has 0 aliphatic rings. The molecule has 1 N–H and O–H groups in total. The first kappa shape index (κ1) is 22.9. The highest BCUT2D eigenvalue weighted by molar-refractivity contribution is 9.10. The minimum absolute atomic E-state index is 0.0518. The van der Waals surface area contributed by atoms with E-state index in [1.165, 1.54) is 0 Å². The van der Waals surface area contributed by atoms with Crippen LogP contribution in [0.2, 0.25) is 0 Å². The van der Waals surface area contributed by atoms with Gasteiger partial charge >= 0.3 is 0 Å². The van der Waals surface area contributed by atoms with Crippen LogP contribution in [0.5, 0.6) is 5.75 Å². The van der Waals surface area contributed by atoms with Crippen LogP contribution in [0, 0.1) is 6.92 Å². The van der Waals surface area contributed by atoms with Gasteiger partial charge in [-0.25, -0.2) is 0 Å². The Hall–Kier alpha value is -2.34. The summed E-state index contributed by atoms with van der Waals surface area (Å²) in [5.74, 6) is 0.263. The van der Waals surface area contributed by atoms with Crippen LogP contribution >= 0.6 is 15.9 Å². The maximum atomic E-state index is 13.0. The number of amides is 2. The average Bonchev–Trinajstić information content (AvgIpc) is 2.70. The van der Waals surface area contributed by atoms with Gasteiger partial charge in [0.05, 0.1) is 0 Å². The van der Waals surface area contributed by atoms with E-state index in [2.05, 4.69) is 21.2 Å². The van der Waals surface area contributed by atoms with Crippen molar-refractivity contribution in [3.8, 4) is 5.75 Å². The van der Waals surface area contributed by atoms with E-state index in [-0.39, 0.29) is 24.5 Å². The number of hydrogen-bond donors (Lipinski definition) is 1. The zero-order chi connectivity index (χ0) is 21.4. The molecule has 6 heteroatoms. The Morgan fingerprint density at radius 1 is 1.14 bits per heavy atom. The number of para-hydroxylation sites is 1. The maximum absolute atomic E-state index is 13.0. The van der Waals surface area contributed by atoms with Crippen LogP contribution in [0.4, 0.5) is 0 Å². The average molecular weight is 461 g/mol. The number of hydrogen-bond acceptors (Lipinski definition) is 3. The van der Waals surface area contributed by atoms with Gasteiger partial charge in [-0.2, -0.15) is 0 Å². The maximum Gasteiger partial charge on any atom is 0.261 e. The van der Waals surface area contributed by atoms with Crippen molar-refractivity contribution in [2.75, 3.05) is 6.61 Å². The predicted octanol–water partition coefficient (Wildman–Crippen LogP) is 4.47. The van der Waals surface area contributed by atoms with Crippen molar-refractivity contribution in [2.45, 2.75) is 52.7 Å². The Morgan fingerprint density at radius 3 is 2.52 bits per heavy atom. The molecule has 2 atom stereocenters. The summed E-state index contributed by atoms with van der Waals surface area (Å²) in [6.07, 6.45) is 0.828. The van der Waals surface area contributed by atoms with Crippen LogP contribution in [0.25, 0.3) is 0 Å². The zero-order valence-electron chi connectivity index (χ0n) is 17.4. The molecule has 2 aromatic carbocycles. The topological polar surface area (TPSA) is 58.6 Å². The first-order valence-corrected chi connectivity index (χ1v) is 10.6. The SMILES string of the molecule is CC[C@H](C)NC(=O)[C@@H](C)N(Cc1cccc(Br)c1)C(=O)COc1ccccc1C. The molecule has 0 aliphatic heterocycles. The van der Waals surface area contributed by atoms with Crippen molar-refractivity contribution < 1.29 is 14.3 Å². The molecule has 0 bridgehead atoms. The molecule has 5 nitrogen and oxygen atoms in total. The second-order valence-corrected chi connectivity index (χ2v) is 8.12. The van der Waals surface area contributed by atoms with Gasteiger partial charge in [-0.05, 0) is 56.5 Å². The number of halogens is 1. The van der Waals surface area contributed by atoms with Gasteiger partial charge in [0.1, 0.15) is 11.8 Å². The molecular formula is C23H29BrN2O3. The van der Waals surface area contributed by atoms with Crippen LogP contribution in [-0.4, -0.2) is 35.4 Å². The summed E-state index contributed by atoms with van der Waals surface area (Å²) in [5.41, 5.74) is 1.90. The number of carbonyl (C=O) groups excluding carboxylic acids is 2. The summed E-state index contributed by atoms with van der Waals surface area (Å²) in [5, 5.41) is 2.96. The van der Waals surface area contributed by atoms with E-state index in [0.29, 0.717) is 12.3 Å². The molecule has 0 aromatic heterocycles. The molecule has 0 fully saturated rings. The number of ether oxygens (including phenoxy) is 1. The summed E-state index contributed by atoms with van der Waals surface area (Å²) in [4.78, 5) is 27.3. The molecule has 0 saturated heterocycles. The van der Waals surface area contributed by atoms with Crippen molar-refractivity contribution in [1.29, 1.82) is 0 Å². The Bertz CT molecular complexity index is 840. The first-order valence-electron chi connectivity index (χ1n) is 9.84. The minimum Gasteiger partial charge on any atom is -0.484 e. The second-order valence-electron chi connectivity index (χ2n) is 7.20. The van der Waals surface area contributed by atoms with Gasteiger partial charge in [-0.3, -0.25) is 9.59 Å². The van der Waals surface area contributed by atoms with Crippen LogP contribution in [0.1, 0.15) is 38.3 Å². The van der Waals surface area contributed by atoms with Crippen LogP contribution < -0.4 is 10.1 Å². The van der Waals surface area contributed by atoms with Crippen molar-refractivity contribution in [3.05, 3.63) is 64.1 Å². The smallest absolute Gasteiger partial charge is 0.261 e. The third-order valence-corrected chi connectivity index (χ3v) is 5.35. The molecule has 0 unspecified atom stereocenters. The fourth-order valence-electron chi connectivity index (χ4n) is 2.82. The quantitative estimate of drug-likeness (QED) is 0.600. The Kier molecular flexibility index (Phi) is 8.70. The van der Waals surface area contributed by atoms with Gasteiger partial charge in [0.2, 0.25) is 5.91 Å². The third kappa shape index (κ3) is 6.89. The monoisotopic (exact) mass is 460 g/mol. The van der Waals surface area contributed by atoms with Crippen LogP contribution in [-0.2, 0) is 16.1 Å². The Balaban J connectivity index is 2.17. The van der Waals surface area contributed by atoms with E-state index in [1.54, 1.807) is 11.8 Å². The van der Waals surface area contributed by atoms with E-state index in [1.807, 2.05) is 69.3 Å². The highest BCUT2D eigenvalue weighted by Crippen LogP contribution is 2.18. The van der Waals surface area contributed by atoms with Gasteiger partial charge in [-0.15, -0.1) is 0 Å². The van der Waals surface area contributed by atoms with E-state index >= 15 is 0 Å². The molecule has 156 valence electrons. The second kappa shape index (κ2) is 11.0. The van der Waals surface area contributed by atoms with Crippen molar-refractivity contribution in [2.24, 2.45) is 0 Å². The Morgan fingerprint density at radius 2 is 1.86 bits per heavy atom. The van der Waals surface area contributed by atoms with Crippen LogP contribution in [0.3, 0.4) is 0 Å².